The lowest BCUT2D eigenvalue weighted by Crippen LogP contribution is -2.56. The van der Waals surface area contributed by atoms with Gasteiger partial charge >= 0.3 is 6.18 Å². The van der Waals surface area contributed by atoms with Crippen molar-refractivity contribution in [3.05, 3.63) is 29.6 Å². The van der Waals surface area contributed by atoms with Crippen molar-refractivity contribution in [3.63, 3.8) is 0 Å². The van der Waals surface area contributed by atoms with Gasteiger partial charge in [0.05, 0.1) is 0 Å². The summed E-state index contributed by atoms with van der Waals surface area (Å²) in [6.07, 6.45) is -1.76. The van der Waals surface area contributed by atoms with E-state index in [2.05, 4.69) is 4.98 Å². The number of halogens is 3. The Morgan fingerprint density at radius 3 is 2.78 bits per heavy atom. The molecule has 0 bridgehead atoms. The molecule has 1 aliphatic rings. The summed E-state index contributed by atoms with van der Waals surface area (Å²) >= 11 is 0. The van der Waals surface area contributed by atoms with Gasteiger partial charge in [-0.15, -0.1) is 0 Å². The molecule has 0 amide bonds. The molecule has 1 aromatic heterocycles. The molecule has 0 radical (unpaired) electrons. The van der Waals surface area contributed by atoms with Gasteiger partial charge in [0.25, 0.3) is 0 Å². The van der Waals surface area contributed by atoms with E-state index in [1.54, 1.807) is 12.1 Å². The largest absolute Gasteiger partial charge is 0.419 e. The summed E-state index contributed by atoms with van der Waals surface area (Å²) in [5.74, 6) is -1.08. The number of aliphatic hydroxyl groups is 1. The zero-order valence-corrected chi connectivity index (χ0v) is 9.74. The van der Waals surface area contributed by atoms with Gasteiger partial charge < -0.3 is 10.8 Å². The molecular formula is C12H15F3N2O. The molecule has 0 aliphatic heterocycles. The van der Waals surface area contributed by atoms with Crippen LogP contribution in [0.15, 0.2) is 18.3 Å². The molecule has 100 valence electrons. The van der Waals surface area contributed by atoms with Gasteiger partial charge in [-0.1, -0.05) is 6.07 Å². The third-order valence-electron chi connectivity index (χ3n) is 3.57. The molecular weight excluding hydrogens is 245 g/mol. The summed E-state index contributed by atoms with van der Waals surface area (Å²) in [5.41, 5.74) is 3.39. The first-order chi connectivity index (χ1) is 8.40. The van der Waals surface area contributed by atoms with E-state index in [1.165, 1.54) is 6.20 Å². The Labute approximate surface area is 103 Å². The Morgan fingerprint density at radius 2 is 2.17 bits per heavy atom. The van der Waals surface area contributed by atoms with Gasteiger partial charge in [0.1, 0.15) is 0 Å². The summed E-state index contributed by atoms with van der Waals surface area (Å²) < 4.78 is 39.1. The minimum absolute atomic E-state index is 0.247. The van der Waals surface area contributed by atoms with E-state index in [0.29, 0.717) is 18.5 Å². The highest BCUT2D eigenvalue weighted by Crippen LogP contribution is 2.45. The van der Waals surface area contributed by atoms with Crippen LogP contribution >= 0.6 is 0 Å². The molecule has 18 heavy (non-hydrogen) atoms. The lowest BCUT2D eigenvalue weighted by atomic mass is 9.75. The average molecular weight is 260 g/mol. The zero-order valence-electron chi connectivity index (χ0n) is 9.74. The molecule has 3 nitrogen and oxygen atoms in total. The first-order valence-corrected chi connectivity index (χ1v) is 5.83. The molecule has 2 atom stereocenters. The van der Waals surface area contributed by atoms with E-state index >= 15 is 0 Å². The average Bonchev–Trinajstić information content (AvgIpc) is 2.35. The fourth-order valence-electron chi connectivity index (χ4n) is 2.53. The van der Waals surface area contributed by atoms with Crippen LogP contribution < -0.4 is 5.73 Å². The predicted molar refractivity (Wildman–Crippen MR) is 60.0 cm³/mol. The standard InChI is InChI=1S/C12H15F3N2O/c13-12(14,15)11(18,7-16)9-5-1-3-8-4-2-6-17-10(8)9/h2,4,6,9,18H,1,3,5,7,16H2. The highest BCUT2D eigenvalue weighted by atomic mass is 19.4. The Bertz CT molecular complexity index is 436. The highest BCUT2D eigenvalue weighted by molar-refractivity contribution is 5.29. The van der Waals surface area contributed by atoms with E-state index in [-0.39, 0.29) is 6.42 Å². The number of nitrogens with zero attached hydrogens (tertiary/aromatic N) is 1. The number of hydrogen-bond acceptors (Lipinski definition) is 3. The number of alkyl halides is 3. The van der Waals surface area contributed by atoms with Gasteiger partial charge in [-0.05, 0) is 30.9 Å². The minimum atomic E-state index is -4.75. The third kappa shape index (κ3) is 1.99. The smallest absolute Gasteiger partial charge is 0.379 e. The van der Waals surface area contributed by atoms with Crippen LogP contribution in [0.25, 0.3) is 0 Å². The third-order valence-corrected chi connectivity index (χ3v) is 3.57. The van der Waals surface area contributed by atoms with Crippen LogP contribution in [0.4, 0.5) is 13.2 Å². The van der Waals surface area contributed by atoms with Gasteiger partial charge in [0.15, 0.2) is 5.60 Å². The van der Waals surface area contributed by atoms with Crippen molar-refractivity contribution in [1.82, 2.24) is 4.98 Å². The van der Waals surface area contributed by atoms with E-state index in [1.807, 2.05) is 0 Å². The van der Waals surface area contributed by atoms with Gasteiger partial charge in [0.2, 0.25) is 0 Å². The van der Waals surface area contributed by atoms with Crippen LogP contribution in [0, 0.1) is 0 Å². The number of aromatic nitrogens is 1. The zero-order chi connectivity index (χ0) is 13.4. The SMILES string of the molecule is NCC(O)(C1CCCc2cccnc21)C(F)(F)F. The molecule has 1 heterocycles. The van der Waals surface area contributed by atoms with Crippen LogP contribution in [-0.2, 0) is 6.42 Å². The summed E-state index contributed by atoms with van der Waals surface area (Å²) in [6.45, 7) is -0.850. The Morgan fingerprint density at radius 1 is 1.44 bits per heavy atom. The van der Waals surface area contributed by atoms with Crippen LogP contribution in [0.2, 0.25) is 0 Å². The fraction of sp³-hybridized carbons (Fsp3) is 0.583. The molecule has 0 fully saturated rings. The second kappa shape index (κ2) is 4.51. The summed E-state index contributed by atoms with van der Waals surface area (Å²) in [6, 6.07) is 3.44. The van der Waals surface area contributed by atoms with Crippen LogP contribution in [0.5, 0.6) is 0 Å². The quantitative estimate of drug-likeness (QED) is 0.851. The molecule has 0 saturated heterocycles. The molecule has 0 spiro atoms. The lowest BCUT2D eigenvalue weighted by molar-refractivity contribution is -0.266. The van der Waals surface area contributed by atoms with E-state index in [9.17, 15) is 18.3 Å². The van der Waals surface area contributed by atoms with Crippen LogP contribution in [0.3, 0.4) is 0 Å². The normalized spacial score (nSPS) is 23.3. The Kier molecular flexibility index (Phi) is 3.33. The number of aryl methyl sites for hydroxylation is 1. The maximum absolute atomic E-state index is 13.0. The Hall–Kier alpha value is -1.14. The van der Waals surface area contributed by atoms with Crippen LogP contribution in [-0.4, -0.2) is 28.4 Å². The van der Waals surface area contributed by atoms with Gasteiger partial charge in [-0.3, -0.25) is 4.98 Å². The predicted octanol–water partition coefficient (Wildman–Crippen LogP) is 1.75. The van der Waals surface area contributed by atoms with Gasteiger partial charge in [-0.2, -0.15) is 13.2 Å². The minimum Gasteiger partial charge on any atom is -0.379 e. The molecule has 6 heteroatoms. The van der Waals surface area contributed by atoms with E-state index in [4.69, 9.17) is 5.73 Å². The molecule has 0 saturated carbocycles. The number of nitrogens with two attached hydrogens (primary N) is 1. The van der Waals surface area contributed by atoms with Crippen molar-refractivity contribution >= 4 is 0 Å². The highest BCUT2D eigenvalue weighted by Gasteiger charge is 2.58. The molecule has 2 unspecified atom stereocenters. The second-order valence-electron chi connectivity index (χ2n) is 4.62. The summed E-state index contributed by atoms with van der Waals surface area (Å²) in [4.78, 5) is 4.01. The molecule has 0 aromatic carbocycles. The second-order valence-corrected chi connectivity index (χ2v) is 4.62. The van der Waals surface area contributed by atoms with Gasteiger partial charge in [0, 0.05) is 24.4 Å². The monoisotopic (exact) mass is 260 g/mol. The first-order valence-electron chi connectivity index (χ1n) is 5.83. The number of hydrogen-bond donors (Lipinski definition) is 2. The van der Waals surface area contributed by atoms with Crippen LogP contribution in [0.1, 0.15) is 30.0 Å². The topological polar surface area (TPSA) is 59.1 Å². The van der Waals surface area contributed by atoms with Crippen molar-refractivity contribution in [2.75, 3.05) is 6.54 Å². The van der Waals surface area contributed by atoms with E-state index in [0.717, 1.165) is 5.56 Å². The maximum atomic E-state index is 13.0. The van der Waals surface area contributed by atoms with Crippen molar-refractivity contribution in [2.24, 2.45) is 5.73 Å². The number of fused-ring (bicyclic) bond motifs is 1. The van der Waals surface area contributed by atoms with Gasteiger partial charge in [-0.25, -0.2) is 0 Å². The molecule has 1 aromatic rings. The van der Waals surface area contributed by atoms with Crippen molar-refractivity contribution in [1.29, 1.82) is 0 Å². The first kappa shape index (κ1) is 13.3. The van der Waals surface area contributed by atoms with Crippen molar-refractivity contribution in [2.45, 2.75) is 37.0 Å². The summed E-state index contributed by atoms with van der Waals surface area (Å²) in [7, 11) is 0. The molecule has 2 rings (SSSR count). The maximum Gasteiger partial charge on any atom is 0.419 e. The molecule has 1 aliphatic carbocycles. The summed E-state index contributed by atoms with van der Waals surface area (Å²) in [5, 5.41) is 9.94. The van der Waals surface area contributed by atoms with Crippen molar-refractivity contribution in [3.8, 4) is 0 Å². The molecule has 3 N–H and O–H groups in total. The fourth-order valence-corrected chi connectivity index (χ4v) is 2.53. The number of pyridine rings is 1. The van der Waals surface area contributed by atoms with E-state index < -0.39 is 24.2 Å². The number of rotatable bonds is 2. The Balaban J connectivity index is 2.46. The lowest BCUT2D eigenvalue weighted by Gasteiger charge is -2.39. The van der Waals surface area contributed by atoms with Crippen molar-refractivity contribution < 1.29 is 18.3 Å².